The third-order valence-electron chi connectivity index (χ3n) is 5.18. The van der Waals surface area contributed by atoms with Crippen molar-refractivity contribution >= 4 is 23.4 Å². The van der Waals surface area contributed by atoms with Crippen LogP contribution in [0.25, 0.3) is 17.1 Å². The number of para-hydroxylation sites is 4. The minimum absolute atomic E-state index is 0.0883. The number of ether oxygens (including phenoxy) is 1. The van der Waals surface area contributed by atoms with E-state index >= 15 is 0 Å². The highest BCUT2D eigenvalue weighted by atomic mass is 32.2. The van der Waals surface area contributed by atoms with Crippen LogP contribution < -0.4 is 10.1 Å². The van der Waals surface area contributed by atoms with E-state index in [1.165, 1.54) is 11.8 Å². The van der Waals surface area contributed by atoms with Crippen molar-refractivity contribution in [3.8, 4) is 28.6 Å². The summed E-state index contributed by atoms with van der Waals surface area (Å²) in [6, 6.07) is 20.3. The summed E-state index contributed by atoms with van der Waals surface area (Å²) in [6.45, 7) is 3.93. The molecule has 7 nitrogen and oxygen atoms in total. The Kier molecular flexibility index (Phi) is 6.65. The third-order valence-corrected chi connectivity index (χ3v) is 6.11. The Balaban J connectivity index is 1.67. The van der Waals surface area contributed by atoms with Crippen LogP contribution in [0.4, 0.5) is 5.69 Å². The summed E-state index contributed by atoms with van der Waals surface area (Å²) in [4.78, 5) is 12.7. The molecule has 0 fully saturated rings. The topological polar surface area (TPSA) is 89.3 Å². The van der Waals surface area contributed by atoms with Gasteiger partial charge in [-0.3, -0.25) is 9.36 Å². The molecule has 4 rings (SSSR count). The van der Waals surface area contributed by atoms with E-state index in [0.717, 1.165) is 16.8 Å². The second kappa shape index (κ2) is 9.79. The molecule has 4 aromatic rings. The molecule has 0 saturated heterocycles. The summed E-state index contributed by atoms with van der Waals surface area (Å²) in [7, 11) is 1.59. The number of thioether (sulfide) groups is 1. The molecule has 1 aromatic heterocycles. The number of hydrogen-bond acceptors (Lipinski definition) is 6. The zero-order valence-corrected chi connectivity index (χ0v) is 19.4. The highest BCUT2D eigenvalue weighted by Crippen LogP contribution is 2.35. The van der Waals surface area contributed by atoms with Crippen LogP contribution in [-0.4, -0.2) is 38.6 Å². The highest BCUT2D eigenvalue weighted by Gasteiger charge is 2.21. The number of phenolic OH excluding ortho intramolecular Hbond substituents is 1. The number of aromatic hydroxyl groups is 1. The Morgan fingerprint density at radius 3 is 2.42 bits per heavy atom. The molecule has 0 aliphatic carbocycles. The van der Waals surface area contributed by atoms with Crippen LogP contribution in [0, 0.1) is 13.8 Å². The van der Waals surface area contributed by atoms with Gasteiger partial charge in [-0.05, 0) is 49.2 Å². The van der Waals surface area contributed by atoms with Crippen molar-refractivity contribution in [3.63, 3.8) is 0 Å². The Hall–Kier alpha value is -3.78. The Morgan fingerprint density at radius 1 is 1.00 bits per heavy atom. The lowest BCUT2D eigenvalue weighted by atomic mass is 10.1. The van der Waals surface area contributed by atoms with Crippen LogP contribution in [0.15, 0.2) is 71.9 Å². The standard InChI is InChI=1S/C25H24N4O3S/c1-16-9-8-10-17(2)23(16)26-22(31)15-33-25-28-27-24(18-11-4-6-13-20(18)30)29(25)19-12-5-7-14-21(19)32-3/h4-14,30H,15H2,1-3H3,(H,26,31). The first-order valence-corrected chi connectivity index (χ1v) is 11.3. The van der Waals surface area contributed by atoms with Gasteiger partial charge in [0, 0.05) is 5.69 Å². The first-order valence-electron chi connectivity index (χ1n) is 10.4. The van der Waals surface area contributed by atoms with Crippen LogP contribution in [0.1, 0.15) is 11.1 Å². The van der Waals surface area contributed by atoms with E-state index in [9.17, 15) is 9.90 Å². The molecule has 0 bridgehead atoms. The molecule has 8 heteroatoms. The summed E-state index contributed by atoms with van der Waals surface area (Å²) >= 11 is 1.26. The fourth-order valence-electron chi connectivity index (χ4n) is 3.55. The highest BCUT2D eigenvalue weighted by molar-refractivity contribution is 7.99. The average molecular weight is 461 g/mol. The number of carbonyl (C=O) groups excluding carboxylic acids is 1. The average Bonchev–Trinajstić information content (AvgIpc) is 3.24. The number of aromatic nitrogens is 3. The summed E-state index contributed by atoms with van der Waals surface area (Å²) in [5, 5.41) is 22.6. The van der Waals surface area contributed by atoms with Gasteiger partial charge in [0.2, 0.25) is 5.91 Å². The number of nitrogens with one attached hydrogen (secondary N) is 1. The van der Waals surface area contributed by atoms with Gasteiger partial charge >= 0.3 is 0 Å². The predicted molar refractivity (Wildman–Crippen MR) is 130 cm³/mol. The first-order chi connectivity index (χ1) is 16.0. The first kappa shape index (κ1) is 22.4. The second-order valence-electron chi connectivity index (χ2n) is 7.43. The molecule has 0 aliphatic rings. The maximum absolute atomic E-state index is 12.7. The van der Waals surface area contributed by atoms with Gasteiger partial charge in [-0.2, -0.15) is 0 Å². The number of hydrogen-bond donors (Lipinski definition) is 2. The largest absolute Gasteiger partial charge is 0.507 e. The molecule has 0 spiro atoms. The Labute approximate surface area is 196 Å². The van der Waals surface area contributed by atoms with E-state index < -0.39 is 0 Å². The maximum atomic E-state index is 12.7. The van der Waals surface area contributed by atoms with Crippen LogP contribution in [-0.2, 0) is 4.79 Å². The van der Waals surface area contributed by atoms with Crippen molar-refractivity contribution in [2.45, 2.75) is 19.0 Å². The van der Waals surface area contributed by atoms with Gasteiger partial charge in [0.05, 0.1) is 24.1 Å². The van der Waals surface area contributed by atoms with Crippen LogP contribution >= 0.6 is 11.8 Å². The van der Waals surface area contributed by atoms with Gasteiger partial charge in [0.1, 0.15) is 11.5 Å². The van der Waals surface area contributed by atoms with E-state index in [-0.39, 0.29) is 17.4 Å². The number of nitrogens with zero attached hydrogens (tertiary/aromatic N) is 3. The molecule has 3 aromatic carbocycles. The molecule has 0 radical (unpaired) electrons. The van der Waals surface area contributed by atoms with Gasteiger partial charge in [-0.25, -0.2) is 0 Å². The van der Waals surface area contributed by atoms with E-state index in [1.54, 1.807) is 29.9 Å². The number of methoxy groups -OCH3 is 1. The molecule has 0 atom stereocenters. The number of carbonyl (C=O) groups is 1. The van der Waals surface area contributed by atoms with Crippen molar-refractivity contribution in [2.75, 3.05) is 18.2 Å². The lowest BCUT2D eigenvalue weighted by Crippen LogP contribution is -2.16. The van der Waals surface area contributed by atoms with Gasteiger partial charge in [-0.1, -0.05) is 54.2 Å². The van der Waals surface area contributed by atoms with Crippen LogP contribution in [0.5, 0.6) is 11.5 Å². The van der Waals surface area contributed by atoms with Crippen LogP contribution in [0.2, 0.25) is 0 Å². The lowest BCUT2D eigenvalue weighted by Gasteiger charge is -2.14. The van der Waals surface area contributed by atoms with Crippen molar-refractivity contribution in [3.05, 3.63) is 77.9 Å². The summed E-state index contributed by atoms with van der Waals surface area (Å²) in [5.74, 6) is 1.16. The quantitative estimate of drug-likeness (QED) is 0.378. The molecule has 0 unspecified atom stereocenters. The smallest absolute Gasteiger partial charge is 0.234 e. The zero-order chi connectivity index (χ0) is 23.4. The molecular weight excluding hydrogens is 436 g/mol. The normalized spacial score (nSPS) is 10.8. The number of phenols is 1. The zero-order valence-electron chi connectivity index (χ0n) is 18.6. The number of anilines is 1. The van der Waals surface area contributed by atoms with Crippen molar-refractivity contribution in [2.24, 2.45) is 0 Å². The van der Waals surface area contributed by atoms with Crippen molar-refractivity contribution in [1.29, 1.82) is 0 Å². The van der Waals surface area contributed by atoms with Crippen molar-refractivity contribution < 1.29 is 14.6 Å². The molecule has 1 heterocycles. The maximum Gasteiger partial charge on any atom is 0.234 e. The molecule has 0 saturated carbocycles. The van der Waals surface area contributed by atoms with E-state index in [4.69, 9.17) is 4.74 Å². The minimum atomic E-state index is -0.143. The van der Waals surface area contributed by atoms with Crippen molar-refractivity contribution in [1.82, 2.24) is 14.8 Å². The summed E-state index contributed by atoms with van der Waals surface area (Å²) in [6.07, 6.45) is 0. The van der Waals surface area contributed by atoms with Gasteiger partial charge in [-0.15, -0.1) is 10.2 Å². The molecule has 33 heavy (non-hydrogen) atoms. The van der Waals surface area contributed by atoms with Gasteiger partial charge in [0.25, 0.3) is 0 Å². The fourth-order valence-corrected chi connectivity index (χ4v) is 4.29. The number of aryl methyl sites for hydroxylation is 2. The Bertz CT molecular complexity index is 1280. The molecular formula is C25H24N4O3S. The summed E-state index contributed by atoms with van der Waals surface area (Å²) in [5.41, 5.74) is 4.08. The van der Waals surface area contributed by atoms with Gasteiger partial charge < -0.3 is 15.2 Å². The molecule has 168 valence electrons. The molecule has 0 aliphatic heterocycles. The SMILES string of the molecule is COc1ccccc1-n1c(SCC(=O)Nc2c(C)cccc2C)nnc1-c1ccccc1O. The molecule has 2 N–H and O–H groups in total. The monoisotopic (exact) mass is 460 g/mol. The van der Waals surface area contributed by atoms with Gasteiger partial charge in [0.15, 0.2) is 11.0 Å². The Morgan fingerprint density at radius 2 is 1.70 bits per heavy atom. The predicted octanol–water partition coefficient (Wildman–Crippen LogP) is 5.00. The molecule has 1 amide bonds. The number of rotatable bonds is 7. The number of amides is 1. The minimum Gasteiger partial charge on any atom is -0.507 e. The fraction of sp³-hybridized carbons (Fsp3) is 0.160. The van der Waals surface area contributed by atoms with Crippen LogP contribution in [0.3, 0.4) is 0 Å². The van der Waals surface area contributed by atoms with E-state index in [0.29, 0.717) is 28.0 Å². The lowest BCUT2D eigenvalue weighted by molar-refractivity contribution is -0.113. The summed E-state index contributed by atoms with van der Waals surface area (Å²) < 4.78 is 7.35. The van der Waals surface area contributed by atoms with E-state index in [2.05, 4.69) is 15.5 Å². The second-order valence-corrected chi connectivity index (χ2v) is 8.38. The third kappa shape index (κ3) is 4.70. The number of benzene rings is 3. The van der Waals surface area contributed by atoms with E-state index in [1.807, 2.05) is 62.4 Å².